The lowest BCUT2D eigenvalue weighted by Crippen LogP contribution is -1.88. The first-order chi connectivity index (χ1) is 11.4. The number of para-hydroxylation sites is 1. The standard InChI is InChI=1S/C17H13N3OS2/c1-4-12-6-2-8-18-16(12)13(5-1)10-22-11-15-19-17(20-21-15)14-7-3-9-23-14/h1-9H,10-11H2. The number of hydrogen-bond acceptors (Lipinski definition) is 6. The fourth-order valence-corrected chi connectivity index (χ4v) is 3.85. The van der Waals surface area contributed by atoms with Gasteiger partial charge >= 0.3 is 0 Å². The Bertz CT molecular complexity index is 913. The minimum atomic E-state index is 0.659. The zero-order chi connectivity index (χ0) is 15.5. The van der Waals surface area contributed by atoms with Crippen molar-refractivity contribution in [3.8, 4) is 10.7 Å². The smallest absolute Gasteiger partial charge is 0.236 e. The first-order valence-corrected chi connectivity index (χ1v) is 9.20. The highest BCUT2D eigenvalue weighted by atomic mass is 32.2. The molecular weight excluding hydrogens is 326 g/mol. The fraction of sp³-hybridized carbons (Fsp3) is 0.118. The van der Waals surface area contributed by atoms with E-state index in [4.69, 9.17) is 4.52 Å². The van der Waals surface area contributed by atoms with E-state index in [1.807, 2.05) is 29.8 Å². The first kappa shape index (κ1) is 14.4. The summed E-state index contributed by atoms with van der Waals surface area (Å²) in [5.74, 6) is 2.89. The summed E-state index contributed by atoms with van der Waals surface area (Å²) in [5.41, 5.74) is 2.29. The minimum Gasteiger partial charge on any atom is -0.338 e. The molecule has 0 fully saturated rings. The number of nitrogens with zero attached hydrogens (tertiary/aromatic N) is 3. The second-order valence-corrected chi connectivity index (χ2v) is 6.91. The van der Waals surface area contributed by atoms with Crippen LogP contribution in [0.2, 0.25) is 0 Å². The van der Waals surface area contributed by atoms with Gasteiger partial charge in [0, 0.05) is 17.3 Å². The molecule has 3 heterocycles. The highest BCUT2D eigenvalue weighted by Crippen LogP contribution is 2.25. The van der Waals surface area contributed by atoms with Gasteiger partial charge in [0.1, 0.15) is 0 Å². The van der Waals surface area contributed by atoms with Gasteiger partial charge in [0.2, 0.25) is 11.7 Å². The summed E-state index contributed by atoms with van der Waals surface area (Å²) >= 11 is 3.36. The molecule has 0 bridgehead atoms. The maximum absolute atomic E-state index is 5.32. The molecule has 0 N–H and O–H groups in total. The molecule has 0 atom stereocenters. The van der Waals surface area contributed by atoms with Gasteiger partial charge in [-0.1, -0.05) is 35.5 Å². The molecule has 0 aliphatic heterocycles. The third kappa shape index (κ3) is 3.13. The van der Waals surface area contributed by atoms with Crippen LogP contribution < -0.4 is 0 Å². The molecule has 3 aromatic heterocycles. The average molecular weight is 339 g/mol. The highest BCUT2D eigenvalue weighted by molar-refractivity contribution is 7.97. The first-order valence-electron chi connectivity index (χ1n) is 7.17. The van der Waals surface area contributed by atoms with Gasteiger partial charge in [0.25, 0.3) is 0 Å². The Morgan fingerprint density at radius 3 is 2.91 bits per heavy atom. The van der Waals surface area contributed by atoms with Crippen molar-refractivity contribution in [3.05, 3.63) is 65.5 Å². The maximum atomic E-state index is 5.32. The molecular formula is C17H13N3OS2. The topological polar surface area (TPSA) is 51.8 Å². The molecule has 0 spiro atoms. The van der Waals surface area contributed by atoms with Crippen LogP contribution >= 0.6 is 23.1 Å². The maximum Gasteiger partial charge on any atom is 0.236 e. The van der Waals surface area contributed by atoms with Crippen LogP contribution in [0.1, 0.15) is 11.5 Å². The third-order valence-corrected chi connectivity index (χ3v) is 5.24. The summed E-state index contributed by atoms with van der Waals surface area (Å²) in [6.45, 7) is 0. The van der Waals surface area contributed by atoms with E-state index < -0.39 is 0 Å². The van der Waals surface area contributed by atoms with E-state index in [1.54, 1.807) is 23.1 Å². The molecule has 4 nitrogen and oxygen atoms in total. The Morgan fingerprint density at radius 2 is 2.00 bits per heavy atom. The summed E-state index contributed by atoms with van der Waals surface area (Å²) in [7, 11) is 0. The third-order valence-electron chi connectivity index (χ3n) is 3.41. The van der Waals surface area contributed by atoms with Gasteiger partial charge in [0.15, 0.2) is 0 Å². The quantitative estimate of drug-likeness (QED) is 0.524. The van der Waals surface area contributed by atoms with Crippen molar-refractivity contribution >= 4 is 34.0 Å². The monoisotopic (exact) mass is 339 g/mol. The predicted octanol–water partition coefficient (Wildman–Crippen LogP) is 4.78. The zero-order valence-electron chi connectivity index (χ0n) is 12.2. The van der Waals surface area contributed by atoms with Crippen LogP contribution in [0.3, 0.4) is 0 Å². The fourth-order valence-electron chi connectivity index (χ4n) is 2.35. The largest absolute Gasteiger partial charge is 0.338 e. The van der Waals surface area contributed by atoms with Crippen molar-refractivity contribution in [2.75, 3.05) is 0 Å². The van der Waals surface area contributed by atoms with Gasteiger partial charge < -0.3 is 4.52 Å². The summed E-state index contributed by atoms with van der Waals surface area (Å²) in [4.78, 5) is 9.95. The molecule has 0 saturated heterocycles. The van der Waals surface area contributed by atoms with Crippen LogP contribution in [-0.4, -0.2) is 15.1 Å². The van der Waals surface area contributed by atoms with Crippen molar-refractivity contribution in [2.45, 2.75) is 11.5 Å². The number of hydrogen-bond donors (Lipinski definition) is 0. The SMILES string of the molecule is c1csc(-c2noc(CSCc3cccc4cccnc34)n2)c1. The van der Waals surface area contributed by atoms with E-state index in [9.17, 15) is 0 Å². The lowest BCUT2D eigenvalue weighted by molar-refractivity contribution is 0.392. The van der Waals surface area contributed by atoms with Crippen molar-refractivity contribution in [1.29, 1.82) is 0 Å². The number of fused-ring (bicyclic) bond motifs is 1. The average Bonchev–Trinajstić information content (AvgIpc) is 3.26. The molecule has 4 aromatic rings. The summed E-state index contributed by atoms with van der Waals surface area (Å²) in [6.07, 6.45) is 1.84. The molecule has 0 amide bonds. The van der Waals surface area contributed by atoms with Gasteiger partial charge in [-0.25, -0.2) is 0 Å². The lowest BCUT2D eigenvalue weighted by atomic mass is 10.1. The van der Waals surface area contributed by atoms with E-state index in [0.29, 0.717) is 17.5 Å². The number of thioether (sulfide) groups is 1. The molecule has 0 radical (unpaired) electrons. The van der Waals surface area contributed by atoms with Gasteiger partial charge in [-0.05, 0) is 23.1 Å². The van der Waals surface area contributed by atoms with Gasteiger partial charge in [0.05, 0.1) is 16.1 Å². The molecule has 0 unspecified atom stereocenters. The molecule has 23 heavy (non-hydrogen) atoms. The number of rotatable bonds is 5. The number of pyridine rings is 1. The molecule has 114 valence electrons. The van der Waals surface area contributed by atoms with Gasteiger partial charge in [-0.15, -0.1) is 23.1 Å². The van der Waals surface area contributed by atoms with E-state index in [1.165, 1.54) is 10.9 Å². The second-order valence-electron chi connectivity index (χ2n) is 4.97. The summed E-state index contributed by atoms with van der Waals surface area (Å²) < 4.78 is 5.32. The van der Waals surface area contributed by atoms with E-state index in [0.717, 1.165) is 16.1 Å². The molecule has 6 heteroatoms. The van der Waals surface area contributed by atoms with E-state index in [2.05, 4.69) is 39.4 Å². The van der Waals surface area contributed by atoms with Crippen LogP contribution in [0.5, 0.6) is 0 Å². The molecule has 0 aliphatic rings. The summed E-state index contributed by atoms with van der Waals surface area (Å²) in [5, 5.41) is 7.21. The Balaban J connectivity index is 1.44. The number of thiophene rings is 1. The van der Waals surface area contributed by atoms with Crippen LogP contribution in [-0.2, 0) is 11.5 Å². The Hall–Kier alpha value is -2.18. The van der Waals surface area contributed by atoms with Gasteiger partial charge in [-0.2, -0.15) is 4.98 Å². The Labute approximate surface area is 141 Å². The van der Waals surface area contributed by atoms with Crippen LogP contribution in [0.15, 0.2) is 58.6 Å². The predicted molar refractivity (Wildman–Crippen MR) is 94.4 cm³/mol. The Kier molecular flexibility index (Phi) is 4.08. The molecule has 1 aromatic carbocycles. The Morgan fingerprint density at radius 1 is 1.04 bits per heavy atom. The number of aromatic nitrogens is 3. The normalized spacial score (nSPS) is 11.1. The van der Waals surface area contributed by atoms with Crippen molar-refractivity contribution in [2.24, 2.45) is 0 Å². The van der Waals surface area contributed by atoms with Crippen molar-refractivity contribution in [3.63, 3.8) is 0 Å². The second kappa shape index (κ2) is 6.52. The number of benzene rings is 1. The van der Waals surface area contributed by atoms with E-state index in [-0.39, 0.29) is 0 Å². The van der Waals surface area contributed by atoms with Crippen LogP contribution in [0.4, 0.5) is 0 Å². The lowest BCUT2D eigenvalue weighted by Gasteiger charge is -2.04. The van der Waals surface area contributed by atoms with Gasteiger partial charge in [-0.3, -0.25) is 4.98 Å². The minimum absolute atomic E-state index is 0.659. The zero-order valence-corrected chi connectivity index (χ0v) is 13.8. The van der Waals surface area contributed by atoms with E-state index >= 15 is 0 Å². The highest BCUT2D eigenvalue weighted by Gasteiger charge is 2.10. The van der Waals surface area contributed by atoms with Crippen LogP contribution in [0, 0.1) is 0 Å². The molecule has 0 aliphatic carbocycles. The van der Waals surface area contributed by atoms with Crippen LogP contribution in [0.25, 0.3) is 21.6 Å². The molecule has 4 rings (SSSR count). The van der Waals surface area contributed by atoms with Crippen molar-refractivity contribution in [1.82, 2.24) is 15.1 Å². The summed E-state index contributed by atoms with van der Waals surface area (Å²) in [6, 6.07) is 14.3. The van der Waals surface area contributed by atoms with Crippen molar-refractivity contribution < 1.29 is 4.52 Å². The molecule has 0 saturated carbocycles.